The number of hydrogen-bond donors (Lipinski definition) is 1. The summed E-state index contributed by atoms with van der Waals surface area (Å²) in [5.74, 6) is 1.72. The third-order valence-corrected chi connectivity index (χ3v) is 3.73. The Morgan fingerprint density at radius 2 is 2.10 bits per heavy atom. The molecule has 20 heavy (non-hydrogen) atoms. The van der Waals surface area contributed by atoms with Crippen molar-refractivity contribution in [1.82, 2.24) is 5.32 Å². The van der Waals surface area contributed by atoms with E-state index in [1.165, 1.54) is 0 Å². The first-order valence-corrected chi connectivity index (χ1v) is 7.48. The fourth-order valence-corrected chi connectivity index (χ4v) is 2.69. The summed E-state index contributed by atoms with van der Waals surface area (Å²) >= 11 is 3.53. The molecular weight excluding hydrogens is 322 g/mol. The predicted molar refractivity (Wildman–Crippen MR) is 83.2 cm³/mol. The van der Waals surface area contributed by atoms with E-state index in [1.807, 2.05) is 12.1 Å². The maximum Gasteiger partial charge on any atom is 0.149 e. The molecule has 0 radical (unpaired) electrons. The van der Waals surface area contributed by atoms with E-state index < -0.39 is 0 Å². The molecule has 4 nitrogen and oxygen atoms in total. The van der Waals surface area contributed by atoms with Gasteiger partial charge in [-0.25, -0.2) is 0 Å². The molecular formula is C15H20BrNO3. The number of fused-ring (bicyclic) bond motifs is 1. The van der Waals surface area contributed by atoms with Crippen LogP contribution in [0.1, 0.15) is 24.7 Å². The second-order valence-corrected chi connectivity index (χ2v) is 5.45. The molecule has 0 bridgehead atoms. The van der Waals surface area contributed by atoms with E-state index in [-0.39, 0.29) is 0 Å². The molecule has 110 valence electrons. The van der Waals surface area contributed by atoms with Crippen LogP contribution in [0.3, 0.4) is 0 Å². The van der Waals surface area contributed by atoms with E-state index >= 15 is 0 Å². The van der Waals surface area contributed by atoms with Crippen molar-refractivity contribution in [2.45, 2.75) is 26.5 Å². The lowest BCUT2D eigenvalue weighted by Gasteiger charge is -2.04. The standard InChI is InChI=1S/C15H20BrNO3/c1-4-5-17-8-14-12(9-18-2)11-6-10(19-3)7-13(16)15(11)20-14/h6-7,17H,4-5,8-9H2,1-3H3. The summed E-state index contributed by atoms with van der Waals surface area (Å²) in [5, 5.41) is 4.40. The number of halogens is 1. The van der Waals surface area contributed by atoms with Crippen molar-refractivity contribution in [3.63, 3.8) is 0 Å². The Morgan fingerprint density at radius 3 is 2.75 bits per heavy atom. The van der Waals surface area contributed by atoms with Crippen molar-refractivity contribution in [3.8, 4) is 5.75 Å². The van der Waals surface area contributed by atoms with E-state index in [2.05, 4.69) is 28.2 Å². The van der Waals surface area contributed by atoms with Crippen LogP contribution in [0.15, 0.2) is 21.0 Å². The number of ether oxygens (including phenoxy) is 2. The Morgan fingerprint density at radius 1 is 1.30 bits per heavy atom. The molecule has 0 saturated heterocycles. The number of nitrogens with one attached hydrogen (secondary N) is 1. The van der Waals surface area contributed by atoms with Crippen LogP contribution < -0.4 is 10.1 Å². The van der Waals surface area contributed by atoms with Gasteiger partial charge in [-0.15, -0.1) is 0 Å². The van der Waals surface area contributed by atoms with Crippen molar-refractivity contribution in [2.24, 2.45) is 0 Å². The summed E-state index contributed by atoms with van der Waals surface area (Å²) in [6.07, 6.45) is 1.09. The number of methoxy groups -OCH3 is 2. The topological polar surface area (TPSA) is 43.6 Å². The van der Waals surface area contributed by atoms with Gasteiger partial charge in [-0.3, -0.25) is 0 Å². The number of benzene rings is 1. The number of rotatable bonds is 7. The lowest BCUT2D eigenvalue weighted by Crippen LogP contribution is -2.14. The summed E-state index contributed by atoms with van der Waals surface area (Å²) in [7, 11) is 3.35. The average molecular weight is 342 g/mol. The normalized spacial score (nSPS) is 11.2. The third-order valence-electron chi connectivity index (χ3n) is 3.14. The quantitative estimate of drug-likeness (QED) is 0.777. The van der Waals surface area contributed by atoms with Gasteiger partial charge in [0.25, 0.3) is 0 Å². The van der Waals surface area contributed by atoms with Crippen molar-refractivity contribution in [2.75, 3.05) is 20.8 Å². The molecule has 0 fully saturated rings. The number of furan rings is 1. The van der Waals surface area contributed by atoms with Gasteiger partial charge >= 0.3 is 0 Å². The minimum Gasteiger partial charge on any atom is -0.497 e. The van der Waals surface area contributed by atoms with Crippen molar-refractivity contribution in [1.29, 1.82) is 0 Å². The Bertz CT molecular complexity index is 580. The average Bonchev–Trinajstić information content (AvgIpc) is 2.79. The van der Waals surface area contributed by atoms with Crippen molar-refractivity contribution < 1.29 is 13.9 Å². The summed E-state index contributed by atoms with van der Waals surface area (Å²) in [6, 6.07) is 3.90. The maximum absolute atomic E-state index is 5.98. The predicted octanol–water partition coefficient (Wildman–Crippen LogP) is 3.85. The Kier molecular flexibility index (Phi) is 5.46. The Balaban J connectivity index is 2.45. The molecule has 1 aromatic heterocycles. The van der Waals surface area contributed by atoms with Crippen LogP contribution >= 0.6 is 15.9 Å². The fourth-order valence-electron chi connectivity index (χ4n) is 2.17. The molecule has 0 aliphatic carbocycles. The van der Waals surface area contributed by atoms with E-state index in [9.17, 15) is 0 Å². The summed E-state index contributed by atoms with van der Waals surface area (Å²) < 4.78 is 17.5. The molecule has 0 aliphatic heterocycles. The van der Waals surface area contributed by atoms with Gasteiger partial charge in [0.15, 0.2) is 0 Å². The van der Waals surface area contributed by atoms with Gasteiger partial charge in [-0.2, -0.15) is 0 Å². The van der Waals surface area contributed by atoms with Gasteiger partial charge in [0.1, 0.15) is 17.1 Å². The van der Waals surface area contributed by atoms with Crippen LogP contribution in [0, 0.1) is 0 Å². The molecule has 0 aliphatic rings. The van der Waals surface area contributed by atoms with E-state index in [0.29, 0.717) is 13.2 Å². The molecule has 0 atom stereocenters. The first-order valence-electron chi connectivity index (χ1n) is 6.68. The smallest absolute Gasteiger partial charge is 0.149 e. The zero-order valence-corrected chi connectivity index (χ0v) is 13.7. The lowest BCUT2D eigenvalue weighted by molar-refractivity contribution is 0.183. The molecule has 5 heteroatoms. The highest BCUT2D eigenvalue weighted by Crippen LogP contribution is 2.35. The summed E-state index contributed by atoms with van der Waals surface area (Å²) in [6.45, 7) is 4.34. The molecule has 0 unspecified atom stereocenters. The van der Waals surface area contributed by atoms with Gasteiger partial charge in [-0.05, 0) is 41.0 Å². The second-order valence-electron chi connectivity index (χ2n) is 4.60. The molecule has 1 heterocycles. The highest BCUT2D eigenvalue weighted by molar-refractivity contribution is 9.10. The minimum atomic E-state index is 0.524. The second kappa shape index (κ2) is 7.11. The molecule has 1 N–H and O–H groups in total. The zero-order chi connectivity index (χ0) is 14.5. The third kappa shape index (κ3) is 3.16. The van der Waals surface area contributed by atoms with Gasteiger partial charge in [-0.1, -0.05) is 6.92 Å². The molecule has 2 rings (SSSR count). The van der Waals surface area contributed by atoms with Crippen molar-refractivity contribution >= 4 is 26.9 Å². The number of hydrogen-bond acceptors (Lipinski definition) is 4. The minimum absolute atomic E-state index is 0.524. The van der Waals surface area contributed by atoms with Crippen LogP contribution in [0.2, 0.25) is 0 Å². The van der Waals surface area contributed by atoms with Crippen LogP contribution in [0.5, 0.6) is 5.75 Å². The van der Waals surface area contributed by atoms with Gasteiger partial charge in [0, 0.05) is 18.1 Å². The fraction of sp³-hybridized carbons (Fsp3) is 0.467. The van der Waals surface area contributed by atoms with Crippen LogP contribution in [0.25, 0.3) is 11.0 Å². The SMILES string of the molecule is CCCNCc1oc2c(Br)cc(OC)cc2c1COC. The highest BCUT2D eigenvalue weighted by Gasteiger charge is 2.17. The summed E-state index contributed by atoms with van der Waals surface area (Å²) in [4.78, 5) is 0. The van der Waals surface area contributed by atoms with Crippen LogP contribution in [-0.2, 0) is 17.9 Å². The molecule has 0 amide bonds. The van der Waals surface area contributed by atoms with E-state index in [1.54, 1.807) is 14.2 Å². The van der Waals surface area contributed by atoms with Gasteiger partial charge in [0.05, 0.1) is 24.7 Å². The monoisotopic (exact) mass is 341 g/mol. The molecule has 0 saturated carbocycles. The van der Waals surface area contributed by atoms with Gasteiger partial charge in [0.2, 0.25) is 0 Å². The summed E-state index contributed by atoms with van der Waals surface area (Å²) in [5.41, 5.74) is 1.91. The zero-order valence-electron chi connectivity index (χ0n) is 12.1. The highest BCUT2D eigenvalue weighted by atomic mass is 79.9. The van der Waals surface area contributed by atoms with E-state index in [0.717, 1.165) is 45.5 Å². The Labute approximate surface area is 127 Å². The first-order chi connectivity index (χ1) is 9.71. The Hall–Kier alpha value is -1.04. The van der Waals surface area contributed by atoms with E-state index in [4.69, 9.17) is 13.9 Å². The van der Waals surface area contributed by atoms with Gasteiger partial charge < -0.3 is 19.2 Å². The van der Waals surface area contributed by atoms with Crippen LogP contribution in [-0.4, -0.2) is 20.8 Å². The first kappa shape index (κ1) is 15.4. The molecule has 1 aromatic carbocycles. The lowest BCUT2D eigenvalue weighted by atomic mass is 10.1. The molecule has 0 spiro atoms. The van der Waals surface area contributed by atoms with Crippen LogP contribution in [0.4, 0.5) is 0 Å². The molecule has 2 aromatic rings. The maximum atomic E-state index is 5.98. The van der Waals surface area contributed by atoms with Crippen molar-refractivity contribution in [3.05, 3.63) is 27.9 Å². The largest absolute Gasteiger partial charge is 0.497 e.